The molecule has 0 aliphatic carbocycles. The second-order valence-electron chi connectivity index (χ2n) is 5.82. The van der Waals surface area contributed by atoms with E-state index in [1.165, 1.54) is 24.1 Å². The van der Waals surface area contributed by atoms with E-state index in [-0.39, 0.29) is 11.5 Å². The van der Waals surface area contributed by atoms with Crippen LogP contribution in [-0.4, -0.2) is 24.3 Å². The molecule has 2 rings (SSSR count). The number of hydrogen-bond donors (Lipinski definition) is 1. The maximum absolute atomic E-state index is 9.83. The lowest BCUT2D eigenvalue weighted by Crippen LogP contribution is -2.42. The summed E-state index contributed by atoms with van der Waals surface area (Å²) in [6.07, 6.45) is 2.12. The smallest absolute Gasteiger partial charge is 0.0579 e. The summed E-state index contributed by atoms with van der Waals surface area (Å²) in [6, 6.07) is 8.64. The average molecular weight is 233 g/mol. The summed E-state index contributed by atoms with van der Waals surface area (Å²) in [4.78, 5) is 2.42. The second-order valence-corrected chi connectivity index (χ2v) is 5.82. The van der Waals surface area contributed by atoms with Crippen LogP contribution in [0.15, 0.2) is 24.3 Å². The van der Waals surface area contributed by atoms with E-state index >= 15 is 0 Å². The maximum atomic E-state index is 9.83. The van der Waals surface area contributed by atoms with Crippen molar-refractivity contribution in [2.75, 3.05) is 18.0 Å². The number of aliphatic hydroxyl groups is 1. The van der Waals surface area contributed by atoms with Gasteiger partial charge in [-0.1, -0.05) is 32.0 Å². The predicted octanol–water partition coefficient (Wildman–Crippen LogP) is 2.85. The summed E-state index contributed by atoms with van der Waals surface area (Å²) >= 11 is 0. The van der Waals surface area contributed by atoms with Crippen molar-refractivity contribution in [3.8, 4) is 0 Å². The average Bonchev–Trinajstić information content (AvgIpc) is 2.29. The van der Waals surface area contributed by atoms with E-state index in [1.54, 1.807) is 0 Å². The molecule has 1 aliphatic rings. The lowest BCUT2D eigenvalue weighted by atomic mass is 9.86. The van der Waals surface area contributed by atoms with Crippen LogP contribution in [0.25, 0.3) is 0 Å². The molecule has 0 bridgehead atoms. The molecule has 1 heterocycles. The van der Waals surface area contributed by atoms with Gasteiger partial charge in [-0.25, -0.2) is 0 Å². The van der Waals surface area contributed by atoms with E-state index in [0.29, 0.717) is 0 Å². The minimum atomic E-state index is -0.281. The highest BCUT2D eigenvalue weighted by Gasteiger charge is 2.28. The van der Waals surface area contributed by atoms with Gasteiger partial charge >= 0.3 is 0 Å². The summed E-state index contributed by atoms with van der Waals surface area (Å²) in [5.41, 5.74) is 2.73. The molecule has 0 radical (unpaired) electrons. The Kier molecular flexibility index (Phi) is 3.43. The molecule has 0 spiro atoms. The van der Waals surface area contributed by atoms with E-state index < -0.39 is 0 Å². The van der Waals surface area contributed by atoms with Crippen LogP contribution in [0.2, 0.25) is 0 Å². The van der Waals surface area contributed by atoms with E-state index in [9.17, 15) is 5.11 Å². The van der Waals surface area contributed by atoms with Crippen LogP contribution in [0, 0.1) is 5.41 Å². The highest BCUT2D eigenvalue weighted by atomic mass is 16.3. The lowest BCUT2D eigenvalue weighted by molar-refractivity contribution is 0.0707. The van der Waals surface area contributed by atoms with Crippen LogP contribution in [0.4, 0.5) is 5.69 Å². The predicted molar refractivity (Wildman–Crippen MR) is 72.4 cm³/mol. The topological polar surface area (TPSA) is 23.5 Å². The van der Waals surface area contributed by atoms with E-state index in [4.69, 9.17) is 0 Å². The first kappa shape index (κ1) is 12.4. The molecule has 1 N–H and O–H groups in total. The molecule has 0 aromatic heterocycles. The molecule has 94 valence electrons. The summed E-state index contributed by atoms with van der Waals surface area (Å²) in [6.45, 7) is 8.18. The Morgan fingerprint density at radius 3 is 2.76 bits per heavy atom. The zero-order valence-corrected chi connectivity index (χ0v) is 11.1. The van der Waals surface area contributed by atoms with Gasteiger partial charge in [0, 0.05) is 24.2 Å². The number of fused-ring (bicyclic) bond motifs is 1. The Morgan fingerprint density at radius 1 is 1.35 bits per heavy atom. The fourth-order valence-electron chi connectivity index (χ4n) is 2.40. The van der Waals surface area contributed by atoms with Gasteiger partial charge in [0.25, 0.3) is 0 Å². The van der Waals surface area contributed by atoms with Gasteiger partial charge in [-0.15, -0.1) is 0 Å². The molecular formula is C15H23NO. The van der Waals surface area contributed by atoms with Crippen LogP contribution in [0.3, 0.4) is 0 Å². The molecule has 17 heavy (non-hydrogen) atoms. The molecule has 1 atom stereocenters. The summed E-state index contributed by atoms with van der Waals surface area (Å²) in [7, 11) is 0. The number of hydrogen-bond acceptors (Lipinski definition) is 2. The zero-order valence-electron chi connectivity index (χ0n) is 11.1. The fourth-order valence-corrected chi connectivity index (χ4v) is 2.40. The Bertz CT molecular complexity index is 384. The minimum Gasteiger partial charge on any atom is -0.393 e. The molecule has 1 aromatic carbocycles. The number of aliphatic hydroxyl groups excluding tert-OH is 1. The van der Waals surface area contributed by atoms with Gasteiger partial charge < -0.3 is 10.0 Å². The molecule has 2 heteroatoms. The number of para-hydroxylation sites is 1. The van der Waals surface area contributed by atoms with Crippen LogP contribution >= 0.6 is 0 Å². The van der Waals surface area contributed by atoms with Gasteiger partial charge in [0.15, 0.2) is 0 Å². The Hall–Kier alpha value is -1.02. The van der Waals surface area contributed by atoms with Crippen LogP contribution in [-0.2, 0) is 6.42 Å². The monoisotopic (exact) mass is 233 g/mol. The second kappa shape index (κ2) is 4.69. The van der Waals surface area contributed by atoms with Gasteiger partial charge in [0.2, 0.25) is 0 Å². The van der Waals surface area contributed by atoms with E-state index in [1.807, 2.05) is 6.92 Å². The molecule has 2 nitrogen and oxygen atoms in total. The largest absolute Gasteiger partial charge is 0.393 e. The molecule has 0 saturated heterocycles. The van der Waals surface area contributed by atoms with Crippen LogP contribution in [0.1, 0.15) is 32.8 Å². The van der Waals surface area contributed by atoms with Crippen molar-refractivity contribution >= 4 is 5.69 Å². The van der Waals surface area contributed by atoms with Crippen molar-refractivity contribution < 1.29 is 5.11 Å². The van der Waals surface area contributed by atoms with Crippen molar-refractivity contribution in [2.24, 2.45) is 5.41 Å². The number of nitrogens with zero attached hydrogens (tertiary/aromatic N) is 1. The molecular weight excluding hydrogens is 210 g/mol. The van der Waals surface area contributed by atoms with Crippen LogP contribution in [0.5, 0.6) is 0 Å². The number of benzene rings is 1. The third-order valence-corrected chi connectivity index (χ3v) is 3.94. The van der Waals surface area contributed by atoms with E-state index in [2.05, 4.69) is 43.0 Å². The van der Waals surface area contributed by atoms with Gasteiger partial charge in [-0.3, -0.25) is 0 Å². The Labute approximate surface area is 104 Å². The van der Waals surface area contributed by atoms with Crippen LogP contribution < -0.4 is 4.90 Å². The Balaban J connectivity index is 2.19. The first-order valence-corrected chi connectivity index (χ1v) is 6.51. The summed E-state index contributed by atoms with van der Waals surface area (Å²) in [5.74, 6) is 0. The van der Waals surface area contributed by atoms with Crippen molar-refractivity contribution in [1.82, 2.24) is 0 Å². The van der Waals surface area contributed by atoms with Gasteiger partial charge in [0.1, 0.15) is 0 Å². The van der Waals surface area contributed by atoms with E-state index in [0.717, 1.165) is 13.1 Å². The molecule has 0 fully saturated rings. The summed E-state index contributed by atoms with van der Waals surface area (Å²) < 4.78 is 0. The molecule has 1 unspecified atom stereocenters. The molecule has 0 amide bonds. The molecule has 1 aromatic rings. The number of anilines is 1. The van der Waals surface area contributed by atoms with Gasteiger partial charge in [-0.05, 0) is 31.4 Å². The highest BCUT2D eigenvalue weighted by Crippen LogP contribution is 2.31. The lowest BCUT2D eigenvalue weighted by Gasteiger charge is -2.39. The van der Waals surface area contributed by atoms with Crippen molar-refractivity contribution in [3.05, 3.63) is 29.8 Å². The Morgan fingerprint density at radius 2 is 2.06 bits per heavy atom. The fraction of sp³-hybridized carbons (Fsp3) is 0.600. The quantitative estimate of drug-likeness (QED) is 0.867. The standard InChI is InChI=1S/C15H23NO/c1-12(17)15(2,3)11-16-10-6-8-13-7-4-5-9-14(13)16/h4-5,7,9,12,17H,6,8,10-11H2,1-3H3. The van der Waals surface area contributed by atoms with Gasteiger partial charge in [-0.2, -0.15) is 0 Å². The maximum Gasteiger partial charge on any atom is 0.0579 e. The first-order chi connectivity index (χ1) is 8.00. The van der Waals surface area contributed by atoms with Crippen molar-refractivity contribution in [1.29, 1.82) is 0 Å². The van der Waals surface area contributed by atoms with Crippen molar-refractivity contribution in [2.45, 2.75) is 39.7 Å². The highest BCUT2D eigenvalue weighted by molar-refractivity contribution is 5.55. The molecule has 1 aliphatic heterocycles. The first-order valence-electron chi connectivity index (χ1n) is 6.51. The third kappa shape index (κ3) is 2.63. The minimum absolute atomic E-state index is 0.0650. The number of rotatable bonds is 3. The molecule has 0 saturated carbocycles. The SMILES string of the molecule is CC(O)C(C)(C)CN1CCCc2ccccc21. The normalized spacial score (nSPS) is 17.8. The van der Waals surface area contributed by atoms with Gasteiger partial charge in [0.05, 0.1) is 6.10 Å². The van der Waals surface area contributed by atoms with Crippen molar-refractivity contribution in [3.63, 3.8) is 0 Å². The summed E-state index contributed by atoms with van der Waals surface area (Å²) in [5, 5.41) is 9.83. The number of aryl methyl sites for hydroxylation is 1. The zero-order chi connectivity index (χ0) is 12.5. The third-order valence-electron chi connectivity index (χ3n) is 3.94.